The van der Waals surface area contributed by atoms with Gasteiger partial charge in [-0.25, -0.2) is 0 Å². The summed E-state index contributed by atoms with van der Waals surface area (Å²) in [5.74, 6) is -1.52. The quantitative estimate of drug-likeness (QED) is 0.363. The van der Waals surface area contributed by atoms with Crippen LogP contribution < -0.4 is 0 Å². The Labute approximate surface area is 76.0 Å². The molecule has 0 spiro atoms. The highest BCUT2D eigenvalue weighted by atomic mass is 16.7. The third-order valence-corrected chi connectivity index (χ3v) is 1.02. The van der Waals surface area contributed by atoms with Crippen LogP contribution in [0.4, 0.5) is 0 Å². The lowest BCUT2D eigenvalue weighted by Crippen LogP contribution is -2.21. The Hall–Kier alpha value is -1.39. The third kappa shape index (κ3) is 6.99. The first kappa shape index (κ1) is 11.6. The molecular formula is C8H12O5. The van der Waals surface area contributed by atoms with Crippen LogP contribution >= 0.6 is 0 Å². The van der Waals surface area contributed by atoms with Gasteiger partial charge < -0.3 is 9.47 Å². The number of rotatable bonds is 4. The van der Waals surface area contributed by atoms with Gasteiger partial charge in [-0.3, -0.25) is 14.4 Å². The molecule has 0 fully saturated rings. The average Bonchev–Trinajstić information content (AvgIpc) is 1.80. The van der Waals surface area contributed by atoms with Gasteiger partial charge in [-0.15, -0.1) is 0 Å². The van der Waals surface area contributed by atoms with E-state index in [4.69, 9.17) is 0 Å². The van der Waals surface area contributed by atoms with Gasteiger partial charge in [0.1, 0.15) is 12.2 Å². The summed E-state index contributed by atoms with van der Waals surface area (Å²) in [6.07, 6.45) is -1.24. The first-order chi connectivity index (χ1) is 5.91. The number of ether oxygens (including phenoxy) is 2. The molecular weight excluding hydrogens is 176 g/mol. The van der Waals surface area contributed by atoms with Crippen molar-refractivity contribution >= 4 is 17.7 Å². The van der Waals surface area contributed by atoms with Crippen LogP contribution in [0.25, 0.3) is 0 Å². The molecule has 0 aromatic carbocycles. The van der Waals surface area contributed by atoms with Crippen LogP contribution in [0, 0.1) is 0 Å². The van der Waals surface area contributed by atoms with Crippen LogP contribution in [-0.4, -0.2) is 24.0 Å². The third-order valence-electron chi connectivity index (χ3n) is 1.02. The number of carbonyl (C=O) groups is 3. The van der Waals surface area contributed by atoms with E-state index in [1.54, 1.807) is 0 Å². The van der Waals surface area contributed by atoms with E-state index in [2.05, 4.69) is 9.47 Å². The van der Waals surface area contributed by atoms with E-state index >= 15 is 0 Å². The van der Waals surface area contributed by atoms with Gasteiger partial charge >= 0.3 is 11.9 Å². The van der Waals surface area contributed by atoms with Crippen molar-refractivity contribution in [2.24, 2.45) is 0 Å². The summed E-state index contributed by atoms with van der Waals surface area (Å²) in [6.45, 7) is 3.88. The Bertz CT molecular complexity index is 221. The van der Waals surface area contributed by atoms with Crippen LogP contribution in [0.2, 0.25) is 0 Å². The smallest absolute Gasteiger partial charge is 0.316 e. The van der Waals surface area contributed by atoms with Gasteiger partial charge in [0.2, 0.25) is 6.29 Å². The van der Waals surface area contributed by atoms with Gasteiger partial charge in [-0.05, 0) is 6.92 Å². The first-order valence-corrected chi connectivity index (χ1v) is 3.78. The van der Waals surface area contributed by atoms with Gasteiger partial charge in [-0.1, -0.05) is 0 Å². The summed E-state index contributed by atoms with van der Waals surface area (Å²) >= 11 is 0. The molecule has 13 heavy (non-hydrogen) atoms. The van der Waals surface area contributed by atoms with Crippen molar-refractivity contribution in [2.45, 2.75) is 33.5 Å². The molecule has 5 nitrogen and oxygen atoms in total. The van der Waals surface area contributed by atoms with E-state index in [-0.39, 0.29) is 12.2 Å². The van der Waals surface area contributed by atoms with Crippen LogP contribution in [0.5, 0.6) is 0 Å². The van der Waals surface area contributed by atoms with Crippen LogP contribution in [0.1, 0.15) is 27.2 Å². The van der Waals surface area contributed by atoms with Crippen molar-refractivity contribution in [3.05, 3.63) is 0 Å². The normalized spacial score (nSPS) is 11.6. The molecule has 0 rings (SSSR count). The molecule has 0 aliphatic heterocycles. The minimum Gasteiger partial charge on any atom is -0.426 e. The van der Waals surface area contributed by atoms with Crippen LogP contribution in [0.3, 0.4) is 0 Å². The highest BCUT2D eigenvalue weighted by molar-refractivity contribution is 5.94. The molecule has 0 aromatic rings. The number of esters is 2. The second kappa shape index (κ2) is 5.29. The summed E-state index contributed by atoms with van der Waals surface area (Å²) in [5.41, 5.74) is 0. The molecule has 74 valence electrons. The number of hydrogen-bond acceptors (Lipinski definition) is 5. The van der Waals surface area contributed by atoms with E-state index in [1.165, 1.54) is 20.8 Å². The Balaban J connectivity index is 3.78. The lowest BCUT2D eigenvalue weighted by Gasteiger charge is -2.11. The topological polar surface area (TPSA) is 69.7 Å². The van der Waals surface area contributed by atoms with Crippen molar-refractivity contribution in [1.82, 2.24) is 0 Å². The van der Waals surface area contributed by atoms with Gasteiger partial charge in [0, 0.05) is 13.8 Å². The summed E-state index contributed by atoms with van der Waals surface area (Å²) < 4.78 is 9.08. The molecule has 0 amide bonds. The summed E-state index contributed by atoms with van der Waals surface area (Å²) in [6, 6.07) is 0. The largest absolute Gasteiger partial charge is 0.426 e. The molecule has 0 aliphatic rings. The highest BCUT2D eigenvalue weighted by Crippen LogP contribution is 1.97. The molecule has 0 heterocycles. The van der Waals surface area contributed by atoms with Gasteiger partial charge in [0.15, 0.2) is 0 Å². The average molecular weight is 188 g/mol. The molecule has 0 aliphatic carbocycles. The monoisotopic (exact) mass is 188 g/mol. The number of Topliss-reactive ketones (excluding diaryl/α,β-unsaturated/α-hetero) is 1. The maximum atomic E-state index is 10.8. The van der Waals surface area contributed by atoms with Crippen molar-refractivity contribution in [1.29, 1.82) is 0 Å². The molecule has 0 saturated heterocycles. The van der Waals surface area contributed by atoms with Gasteiger partial charge in [-0.2, -0.15) is 0 Å². The Morgan fingerprint density at radius 3 is 2.08 bits per heavy atom. The maximum Gasteiger partial charge on any atom is 0.316 e. The van der Waals surface area contributed by atoms with E-state index in [1.807, 2.05) is 0 Å². The second-order valence-corrected chi connectivity index (χ2v) is 2.55. The Kier molecular flexibility index (Phi) is 4.72. The fraction of sp³-hybridized carbons (Fsp3) is 0.625. The lowest BCUT2D eigenvalue weighted by molar-refractivity contribution is -0.182. The molecule has 0 saturated carbocycles. The van der Waals surface area contributed by atoms with Crippen molar-refractivity contribution in [3.8, 4) is 0 Å². The minimum absolute atomic E-state index is 0.292. The van der Waals surface area contributed by atoms with Crippen molar-refractivity contribution in [2.75, 3.05) is 0 Å². The zero-order valence-corrected chi connectivity index (χ0v) is 7.83. The SMILES string of the molecule is CC(=O)CC(=O)OC(C)OC(C)=O. The predicted molar refractivity (Wildman–Crippen MR) is 42.6 cm³/mol. The Morgan fingerprint density at radius 1 is 1.15 bits per heavy atom. The fourth-order valence-corrected chi connectivity index (χ4v) is 0.688. The molecule has 0 bridgehead atoms. The molecule has 1 unspecified atom stereocenters. The zero-order valence-electron chi connectivity index (χ0n) is 7.83. The van der Waals surface area contributed by atoms with Crippen LogP contribution in [-0.2, 0) is 23.9 Å². The number of ketones is 1. The highest BCUT2D eigenvalue weighted by Gasteiger charge is 2.12. The van der Waals surface area contributed by atoms with E-state index in [0.29, 0.717) is 0 Å². The van der Waals surface area contributed by atoms with Crippen LogP contribution in [0.15, 0.2) is 0 Å². The first-order valence-electron chi connectivity index (χ1n) is 3.78. The zero-order chi connectivity index (χ0) is 10.4. The van der Waals surface area contributed by atoms with Crippen molar-refractivity contribution in [3.63, 3.8) is 0 Å². The molecule has 0 N–H and O–H groups in total. The molecule has 1 atom stereocenters. The minimum atomic E-state index is -0.940. The number of hydrogen-bond donors (Lipinski definition) is 0. The van der Waals surface area contributed by atoms with Gasteiger partial charge in [0.05, 0.1) is 0 Å². The van der Waals surface area contributed by atoms with E-state index < -0.39 is 18.2 Å². The second-order valence-electron chi connectivity index (χ2n) is 2.55. The molecule has 0 aromatic heterocycles. The maximum absolute atomic E-state index is 10.8. The summed E-state index contributed by atoms with van der Waals surface area (Å²) in [5, 5.41) is 0. The Morgan fingerprint density at radius 2 is 1.69 bits per heavy atom. The van der Waals surface area contributed by atoms with E-state index in [0.717, 1.165) is 0 Å². The lowest BCUT2D eigenvalue weighted by atomic mass is 10.3. The number of carbonyl (C=O) groups excluding carboxylic acids is 3. The summed E-state index contributed by atoms with van der Waals surface area (Å²) in [7, 11) is 0. The van der Waals surface area contributed by atoms with E-state index in [9.17, 15) is 14.4 Å². The van der Waals surface area contributed by atoms with Crippen molar-refractivity contribution < 1.29 is 23.9 Å². The molecule has 0 radical (unpaired) electrons. The standard InChI is InChI=1S/C8H12O5/c1-5(9)4-8(11)13-7(3)12-6(2)10/h7H,4H2,1-3H3. The summed E-state index contributed by atoms with van der Waals surface area (Å²) in [4.78, 5) is 31.6. The fourth-order valence-electron chi connectivity index (χ4n) is 0.688. The molecule has 5 heteroatoms. The predicted octanol–water partition coefficient (Wildman–Crippen LogP) is 0.418. The van der Waals surface area contributed by atoms with Gasteiger partial charge in [0.25, 0.3) is 0 Å².